The number of primary sulfonamides is 1. The second-order valence-electron chi connectivity index (χ2n) is 3.24. The Bertz CT molecular complexity index is 592. The molecule has 0 aliphatic heterocycles. The fraction of sp³-hybridized carbons (Fsp3) is 0.200. The van der Waals surface area contributed by atoms with Crippen LogP contribution < -0.4 is 5.14 Å². The molecule has 0 saturated heterocycles. The van der Waals surface area contributed by atoms with E-state index in [-0.39, 0.29) is 16.0 Å². The van der Waals surface area contributed by atoms with Gasteiger partial charge in [0, 0.05) is 0 Å². The third-order valence-electron chi connectivity index (χ3n) is 2.13. The van der Waals surface area contributed by atoms with Gasteiger partial charge in [0.25, 0.3) is 0 Å². The van der Waals surface area contributed by atoms with Crippen molar-refractivity contribution in [3.8, 4) is 0 Å². The molecule has 8 heteroatoms. The lowest BCUT2D eigenvalue weighted by molar-refractivity contribution is 0.0555. The minimum absolute atomic E-state index is 0.100. The first-order valence-corrected chi connectivity index (χ1v) is 6.19. The molecule has 7 nitrogen and oxygen atoms in total. The maximum Gasteiger partial charge on any atom is 0.338 e. The SMILES string of the molecule is COC(=O)c1ccc(S(N)(=O)=O)cc1C(=O)OC. The first-order chi connectivity index (χ1) is 8.31. The first kappa shape index (κ1) is 14.1. The molecular formula is C10H11NO6S. The van der Waals surface area contributed by atoms with Crippen LogP contribution in [0.5, 0.6) is 0 Å². The number of hydrogen-bond acceptors (Lipinski definition) is 6. The van der Waals surface area contributed by atoms with Crippen molar-refractivity contribution in [2.45, 2.75) is 4.90 Å². The summed E-state index contributed by atoms with van der Waals surface area (Å²) in [5.41, 5.74) is -0.326. The average Bonchev–Trinajstić information content (AvgIpc) is 2.35. The number of hydrogen-bond donors (Lipinski definition) is 1. The molecule has 0 fully saturated rings. The summed E-state index contributed by atoms with van der Waals surface area (Å²) >= 11 is 0. The standard InChI is InChI=1S/C10H11NO6S/c1-16-9(12)7-4-3-6(18(11,14)15)5-8(7)10(13)17-2/h3-5H,1-2H3,(H2,11,14,15). The highest BCUT2D eigenvalue weighted by Crippen LogP contribution is 2.17. The van der Waals surface area contributed by atoms with Crippen LogP contribution in [-0.4, -0.2) is 34.6 Å². The molecule has 18 heavy (non-hydrogen) atoms. The van der Waals surface area contributed by atoms with Crippen LogP contribution in [0.25, 0.3) is 0 Å². The number of sulfonamides is 1. The van der Waals surface area contributed by atoms with Gasteiger partial charge in [0.1, 0.15) is 0 Å². The summed E-state index contributed by atoms with van der Waals surface area (Å²) in [6, 6.07) is 3.21. The first-order valence-electron chi connectivity index (χ1n) is 4.64. The third-order valence-corrected chi connectivity index (χ3v) is 3.04. The number of carbonyl (C=O) groups excluding carboxylic acids is 2. The van der Waals surface area contributed by atoms with Crippen molar-refractivity contribution in [3.63, 3.8) is 0 Å². The lowest BCUT2D eigenvalue weighted by atomic mass is 10.1. The highest BCUT2D eigenvalue weighted by atomic mass is 32.2. The topological polar surface area (TPSA) is 113 Å². The third kappa shape index (κ3) is 2.84. The van der Waals surface area contributed by atoms with Gasteiger partial charge < -0.3 is 9.47 Å². The highest BCUT2D eigenvalue weighted by Gasteiger charge is 2.21. The molecule has 0 radical (unpaired) electrons. The number of ether oxygens (including phenoxy) is 2. The number of esters is 2. The van der Waals surface area contributed by atoms with E-state index in [4.69, 9.17) is 5.14 Å². The number of benzene rings is 1. The predicted octanol–water partition coefficient (Wildman–Crippen LogP) is -0.0928. The second-order valence-corrected chi connectivity index (χ2v) is 4.80. The van der Waals surface area contributed by atoms with Gasteiger partial charge in [0.15, 0.2) is 0 Å². The van der Waals surface area contributed by atoms with Crippen LogP contribution in [-0.2, 0) is 19.5 Å². The summed E-state index contributed by atoms with van der Waals surface area (Å²) in [7, 11) is -1.74. The monoisotopic (exact) mass is 273 g/mol. The summed E-state index contributed by atoms with van der Waals surface area (Å²) < 4.78 is 31.2. The van der Waals surface area contributed by atoms with Crippen LogP contribution in [0.15, 0.2) is 23.1 Å². The molecule has 0 bridgehead atoms. The molecule has 0 heterocycles. The van der Waals surface area contributed by atoms with E-state index in [9.17, 15) is 18.0 Å². The summed E-state index contributed by atoms with van der Waals surface area (Å²) in [4.78, 5) is 22.6. The zero-order valence-electron chi connectivity index (χ0n) is 9.67. The smallest absolute Gasteiger partial charge is 0.338 e. The molecule has 0 amide bonds. The van der Waals surface area contributed by atoms with Gasteiger partial charge in [0.2, 0.25) is 10.0 Å². The molecule has 1 aromatic rings. The van der Waals surface area contributed by atoms with E-state index in [0.29, 0.717) is 0 Å². The Morgan fingerprint density at radius 2 is 1.56 bits per heavy atom. The molecule has 1 rings (SSSR count). The zero-order valence-corrected chi connectivity index (χ0v) is 10.5. The number of nitrogens with two attached hydrogens (primary N) is 1. The summed E-state index contributed by atoms with van der Waals surface area (Å²) in [6.45, 7) is 0. The molecule has 0 aliphatic carbocycles. The van der Waals surface area contributed by atoms with Gasteiger partial charge in [-0.1, -0.05) is 0 Å². The lowest BCUT2D eigenvalue weighted by Gasteiger charge is -2.07. The molecule has 0 aliphatic rings. The van der Waals surface area contributed by atoms with Crippen LogP contribution in [0, 0.1) is 0 Å². The van der Waals surface area contributed by atoms with Gasteiger partial charge in [-0.3, -0.25) is 0 Å². The number of rotatable bonds is 3. The van der Waals surface area contributed by atoms with Crippen LogP contribution in [0.1, 0.15) is 20.7 Å². The molecule has 0 spiro atoms. The number of methoxy groups -OCH3 is 2. The fourth-order valence-corrected chi connectivity index (χ4v) is 1.81. The normalized spacial score (nSPS) is 10.8. The molecule has 0 aromatic heterocycles. The Morgan fingerprint density at radius 1 is 1.06 bits per heavy atom. The second kappa shape index (κ2) is 5.15. The Labute approximate surface area is 104 Å². The average molecular weight is 273 g/mol. The molecule has 98 valence electrons. The largest absolute Gasteiger partial charge is 0.465 e. The van der Waals surface area contributed by atoms with Crippen LogP contribution in [0.2, 0.25) is 0 Å². The van der Waals surface area contributed by atoms with Gasteiger partial charge in [-0.2, -0.15) is 0 Å². The van der Waals surface area contributed by atoms with Gasteiger partial charge in [0.05, 0.1) is 30.2 Å². The fourth-order valence-electron chi connectivity index (χ4n) is 1.27. The van der Waals surface area contributed by atoms with Crippen molar-refractivity contribution in [2.24, 2.45) is 5.14 Å². The van der Waals surface area contributed by atoms with Crippen LogP contribution >= 0.6 is 0 Å². The molecular weight excluding hydrogens is 262 g/mol. The Morgan fingerprint density at radius 3 is 2.00 bits per heavy atom. The predicted molar refractivity (Wildman–Crippen MR) is 60.5 cm³/mol. The van der Waals surface area contributed by atoms with Crippen LogP contribution in [0.4, 0.5) is 0 Å². The van der Waals surface area contributed by atoms with Crippen LogP contribution in [0.3, 0.4) is 0 Å². The van der Waals surface area contributed by atoms with Gasteiger partial charge in [-0.15, -0.1) is 0 Å². The maximum absolute atomic E-state index is 11.5. The van der Waals surface area contributed by atoms with Gasteiger partial charge in [-0.25, -0.2) is 23.1 Å². The van der Waals surface area contributed by atoms with Crippen molar-refractivity contribution < 1.29 is 27.5 Å². The molecule has 1 aromatic carbocycles. The zero-order chi connectivity index (χ0) is 13.9. The van der Waals surface area contributed by atoms with E-state index >= 15 is 0 Å². The maximum atomic E-state index is 11.5. The summed E-state index contributed by atoms with van der Waals surface area (Å²) in [5, 5.41) is 4.93. The van der Waals surface area contributed by atoms with Gasteiger partial charge >= 0.3 is 11.9 Å². The Hall–Kier alpha value is -1.93. The Balaban J connectivity index is 3.48. The van der Waals surface area contributed by atoms with Crippen molar-refractivity contribution in [3.05, 3.63) is 29.3 Å². The number of carbonyl (C=O) groups is 2. The van der Waals surface area contributed by atoms with E-state index in [0.717, 1.165) is 32.4 Å². The minimum Gasteiger partial charge on any atom is -0.465 e. The van der Waals surface area contributed by atoms with Crippen molar-refractivity contribution in [1.29, 1.82) is 0 Å². The van der Waals surface area contributed by atoms with E-state index < -0.39 is 22.0 Å². The van der Waals surface area contributed by atoms with Crippen molar-refractivity contribution >= 4 is 22.0 Å². The quantitative estimate of drug-likeness (QED) is 0.770. The molecule has 2 N–H and O–H groups in total. The van der Waals surface area contributed by atoms with Crippen molar-refractivity contribution in [1.82, 2.24) is 0 Å². The highest BCUT2D eigenvalue weighted by molar-refractivity contribution is 7.89. The summed E-state index contributed by atoms with van der Waals surface area (Å²) in [5.74, 6) is -1.64. The molecule has 0 atom stereocenters. The van der Waals surface area contributed by atoms with E-state index in [2.05, 4.69) is 9.47 Å². The Kier molecular flexibility index (Phi) is 4.04. The molecule has 0 unspecified atom stereocenters. The lowest BCUT2D eigenvalue weighted by Crippen LogP contribution is -2.16. The van der Waals surface area contributed by atoms with E-state index in [1.54, 1.807) is 0 Å². The van der Waals surface area contributed by atoms with Crippen molar-refractivity contribution in [2.75, 3.05) is 14.2 Å². The molecule has 0 saturated carbocycles. The minimum atomic E-state index is -3.98. The van der Waals surface area contributed by atoms with E-state index in [1.807, 2.05) is 0 Å². The van der Waals surface area contributed by atoms with E-state index in [1.165, 1.54) is 0 Å². The summed E-state index contributed by atoms with van der Waals surface area (Å²) in [6.07, 6.45) is 0. The van der Waals surface area contributed by atoms with Gasteiger partial charge in [-0.05, 0) is 18.2 Å².